The van der Waals surface area contributed by atoms with Crippen LogP contribution in [0.15, 0.2) is 30.3 Å². The molecule has 1 saturated heterocycles. The third-order valence-electron chi connectivity index (χ3n) is 5.24. The highest BCUT2D eigenvalue weighted by Gasteiger charge is 2.42. The van der Waals surface area contributed by atoms with E-state index in [2.05, 4.69) is 17.4 Å². The summed E-state index contributed by atoms with van der Waals surface area (Å²) in [7, 11) is 0. The Kier molecular flexibility index (Phi) is 5.14. The van der Waals surface area contributed by atoms with Crippen molar-refractivity contribution in [3.05, 3.63) is 35.9 Å². The van der Waals surface area contributed by atoms with E-state index in [4.69, 9.17) is 4.74 Å². The smallest absolute Gasteiger partial charge is 0.230 e. The zero-order valence-electron chi connectivity index (χ0n) is 13.4. The van der Waals surface area contributed by atoms with Crippen LogP contribution in [0.25, 0.3) is 0 Å². The van der Waals surface area contributed by atoms with Gasteiger partial charge in [0.15, 0.2) is 0 Å². The molecule has 0 unspecified atom stereocenters. The summed E-state index contributed by atoms with van der Waals surface area (Å²) < 4.78 is 5.74. The maximum atomic E-state index is 12.9. The molecule has 3 nitrogen and oxygen atoms in total. The summed E-state index contributed by atoms with van der Waals surface area (Å²) in [5.41, 5.74) is 0.883. The molecule has 2 fully saturated rings. The van der Waals surface area contributed by atoms with Crippen molar-refractivity contribution in [2.45, 2.75) is 62.9 Å². The Bertz CT molecular complexity index is 473. The Morgan fingerprint density at radius 1 is 1.14 bits per heavy atom. The Morgan fingerprint density at radius 3 is 2.59 bits per heavy atom. The molecule has 1 aliphatic heterocycles. The SMILES string of the molecule is O=C(NCC[C@H]1CCCCO1)C1(c2ccccc2)CCCC1. The van der Waals surface area contributed by atoms with E-state index in [1.54, 1.807) is 0 Å². The molecule has 1 aromatic rings. The van der Waals surface area contributed by atoms with Crippen molar-refractivity contribution in [1.82, 2.24) is 5.32 Å². The number of ether oxygens (including phenoxy) is 1. The minimum Gasteiger partial charge on any atom is -0.378 e. The minimum absolute atomic E-state index is 0.215. The van der Waals surface area contributed by atoms with Gasteiger partial charge in [-0.15, -0.1) is 0 Å². The van der Waals surface area contributed by atoms with Gasteiger partial charge in [-0.2, -0.15) is 0 Å². The van der Waals surface area contributed by atoms with Crippen LogP contribution < -0.4 is 5.32 Å². The molecule has 1 saturated carbocycles. The highest BCUT2D eigenvalue weighted by molar-refractivity contribution is 5.88. The molecule has 1 heterocycles. The third-order valence-corrected chi connectivity index (χ3v) is 5.24. The van der Waals surface area contributed by atoms with E-state index < -0.39 is 0 Å². The lowest BCUT2D eigenvalue weighted by molar-refractivity contribution is -0.126. The van der Waals surface area contributed by atoms with Crippen LogP contribution in [-0.4, -0.2) is 25.2 Å². The number of rotatable bonds is 5. The van der Waals surface area contributed by atoms with Gasteiger partial charge in [-0.05, 0) is 44.1 Å². The average Bonchev–Trinajstić information content (AvgIpc) is 3.08. The molecule has 0 radical (unpaired) electrons. The van der Waals surface area contributed by atoms with Crippen LogP contribution in [0.2, 0.25) is 0 Å². The quantitative estimate of drug-likeness (QED) is 0.903. The van der Waals surface area contributed by atoms with Gasteiger partial charge in [0.25, 0.3) is 0 Å². The Morgan fingerprint density at radius 2 is 1.91 bits per heavy atom. The van der Waals surface area contributed by atoms with E-state index in [1.165, 1.54) is 18.4 Å². The Hall–Kier alpha value is -1.35. The van der Waals surface area contributed by atoms with E-state index in [9.17, 15) is 4.79 Å². The molecule has 1 aromatic carbocycles. The lowest BCUT2D eigenvalue weighted by Crippen LogP contribution is -2.43. The molecule has 1 aliphatic carbocycles. The second-order valence-corrected chi connectivity index (χ2v) is 6.69. The number of nitrogens with one attached hydrogen (secondary N) is 1. The first-order chi connectivity index (χ1) is 10.8. The lowest BCUT2D eigenvalue weighted by Gasteiger charge is -2.29. The van der Waals surface area contributed by atoms with Gasteiger partial charge in [0.2, 0.25) is 5.91 Å². The van der Waals surface area contributed by atoms with Crippen LogP contribution in [0.1, 0.15) is 56.9 Å². The summed E-state index contributed by atoms with van der Waals surface area (Å²) in [4.78, 5) is 12.9. The van der Waals surface area contributed by atoms with Gasteiger partial charge >= 0.3 is 0 Å². The number of amides is 1. The molecule has 1 N–H and O–H groups in total. The van der Waals surface area contributed by atoms with Crippen molar-refractivity contribution in [1.29, 1.82) is 0 Å². The van der Waals surface area contributed by atoms with E-state index in [-0.39, 0.29) is 11.3 Å². The highest BCUT2D eigenvalue weighted by Crippen LogP contribution is 2.41. The van der Waals surface area contributed by atoms with Crippen LogP contribution in [0.4, 0.5) is 0 Å². The number of carbonyl (C=O) groups is 1. The van der Waals surface area contributed by atoms with Crippen molar-refractivity contribution < 1.29 is 9.53 Å². The number of hydrogen-bond acceptors (Lipinski definition) is 2. The van der Waals surface area contributed by atoms with E-state index >= 15 is 0 Å². The van der Waals surface area contributed by atoms with Crippen molar-refractivity contribution in [2.24, 2.45) is 0 Å². The zero-order valence-corrected chi connectivity index (χ0v) is 13.4. The Labute approximate surface area is 133 Å². The molecule has 0 bridgehead atoms. The first-order valence-corrected chi connectivity index (χ1v) is 8.77. The van der Waals surface area contributed by atoms with E-state index in [0.717, 1.165) is 51.7 Å². The molecular formula is C19H27NO2. The predicted molar refractivity (Wildman–Crippen MR) is 87.8 cm³/mol. The standard InChI is InChI=1S/C19H27NO2/c21-18(20-14-11-17-10-4-7-15-22-17)19(12-5-6-13-19)16-8-2-1-3-9-16/h1-3,8-9,17H,4-7,10-15H2,(H,20,21)/t17-/m1/s1. The Balaban J connectivity index is 1.59. The van der Waals surface area contributed by atoms with Gasteiger partial charge in [-0.25, -0.2) is 0 Å². The maximum Gasteiger partial charge on any atom is 0.230 e. The first-order valence-electron chi connectivity index (χ1n) is 8.77. The summed E-state index contributed by atoms with van der Waals surface area (Å²) in [5, 5.41) is 3.19. The topological polar surface area (TPSA) is 38.3 Å². The van der Waals surface area contributed by atoms with Crippen LogP contribution in [0.3, 0.4) is 0 Å². The summed E-state index contributed by atoms with van der Waals surface area (Å²) in [6.07, 6.45) is 9.10. The first kappa shape index (κ1) is 15.5. The van der Waals surface area contributed by atoms with Crippen LogP contribution >= 0.6 is 0 Å². The highest BCUT2D eigenvalue weighted by atomic mass is 16.5. The molecule has 3 rings (SSSR count). The number of carbonyl (C=O) groups excluding carboxylic acids is 1. The summed E-state index contributed by atoms with van der Waals surface area (Å²) in [5.74, 6) is 0.215. The third kappa shape index (κ3) is 3.35. The monoisotopic (exact) mass is 301 g/mol. The van der Waals surface area contributed by atoms with Gasteiger partial charge in [0.1, 0.15) is 0 Å². The molecule has 2 aliphatic rings. The summed E-state index contributed by atoms with van der Waals surface area (Å²) in [6, 6.07) is 10.3. The van der Waals surface area contributed by atoms with Crippen molar-refractivity contribution in [3.8, 4) is 0 Å². The normalized spacial score (nSPS) is 24.1. The fourth-order valence-electron chi connectivity index (χ4n) is 3.93. The van der Waals surface area contributed by atoms with Crippen LogP contribution in [0.5, 0.6) is 0 Å². The average molecular weight is 301 g/mol. The van der Waals surface area contributed by atoms with Crippen LogP contribution in [-0.2, 0) is 14.9 Å². The van der Waals surface area contributed by atoms with Gasteiger partial charge < -0.3 is 10.1 Å². The maximum absolute atomic E-state index is 12.9. The zero-order chi connectivity index (χ0) is 15.3. The second kappa shape index (κ2) is 7.28. The molecule has 1 amide bonds. The molecule has 120 valence electrons. The lowest BCUT2D eigenvalue weighted by atomic mass is 9.78. The molecule has 0 aromatic heterocycles. The largest absolute Gasteiger partial charge is 0.378 e. The molecule has 1 atom stereocenters. The van der Waals surface area contributed by atoms with Crippen molar-refractivity contribution >= 4 is 5.91 Å². The van der Waals surface area contributed by atoms with Crippen molar-refractivity contribution in [2.75, 3.05) is 13.2 Å². The van der Waals surface area contributed by atoms with Gasteiger partial charge in [-0.1, -0.05) is 43.2 Å². The molecular weight excluding hydrogens is 274 g/mol. The second-order valence-electron chi connectivity index (χ2n) is 6.69. The minimum atomic E-state index is -0.297. The summed E-state index contributed by atoms with van der Waals surface area (Å²) in [6.45, 7) is 1.62. The predicted octanol–water partition coefficient (Wildman–Crippen LogP) is 3.57. The number of benzene rings is 1. The van der Waals surface area contributed by atoms with Crippen molar-refractivity contribution in [3.63, 3.8) is 0 Å². The van der Waals surface area contributed by atoms with Gasteiger partial charge in [0.05, 0.1) is 11.5 Å². The van der Waals surface area contributed by atoms with E-state index in [1.807, 2.05) is 18.2 Å². The van der Waals surface area contributed by atoms with Crippen LogP contribution in [0, 0.1) is 0 Å². The molecule has 22 heavy (non-hydrogen) atoms. The number of hydrogen-bond donors (Lipinski definition) is 1. The molecule has 0 spiro atoms. The van der Waals surface area contributed by atoms with E-state index in [0.29, 0.717) is 6.10 Å². The summed E-state index contributed by atoms with van der Waals surface area (Å²) >= 11 is 0. The van der Waals surface area contributed by atoms with Gasteiger partial charge in [-0.3, -0.25) is 4.79 Å². The molecule has 3 heteroatoms. The van der Waals surface area contributed by atoms with Gasteiger partial charge in [0, 0.05) is 13.2 Å². The fourth-order valence-corrected chi connectivity index (χ4v) is 3.93. The fraction of sp³-hybridized carbons (Fsp3) is 0.632.